The van der Waals surface area contributed by atoms with E-state index in [0.29, 0.717) is 5.75 Å². The average Bonchev–Trinajstić information content (AvgIpc) is 2.60. The number of nitrogens with zero attached hydrogens (tertiary/aromatic N) is 1. The van der Waals surface area contributed by atoms with E-state index in [4.69, 9.17) is 4.74 Å². The van der Waals surface area contributed by atoms with E-state index in [1.807, 2.05) is 30.3 Å². The lowest BCUT2D eigenvalue weighted by atomic mass is 10.1. The maximum atomic E-state index is 13.1. The molecule has 0 aliphatic rings. The van der Waals surface area contributed by atoms with Crippen LogP contribution in [0.25, 0.3) is 0 Å². The topological polar surface area (TPSA) is 66.8 Å². The van der Waals surface area contributed by atoms with Crippen LogP contribution in [-0.2, 0) is 16.6 Å². The van der Waals surface area contributed by atoms with Gasteiger partial charge in [-0.3, -0.25) is 0 Å². The van der Waals surface area contributed by atoms with Gasteiger partial charge in [0.25, 0.3) is 0 Å². The van der Waals surface area contributed by atoms with Gasteiger partial charge in [0.1, 0.15) is 5.75 Å². The number of methoxy groups -OCH3 is 1. The van der Waals surface area contributed by atoms with Crippen molar-refractivity contribution >= 4 is 10.0 Å². The standard InChI is InChI=1S/C18H23NO4S/c1-18(2,14-20)19(13-15-7-5-4-6-8-15)24(21,22)17-11-9-16(23-3)10-12-17/h4-12,20H,13-14H2,1-3H3. The summed E-state index contributed by atoms with van der Waals surface area (Å²) < 4.78 is 32.6. The molecule has 0 unspecified atom stereocenters. The van der Waals surface area contributed by atoms with E-state index in [1.54, 1.807) is 26.0 Å². The van der Waals surface area contributed by atoms with Crippen molar-refractivity contribution in [2.24, 2.45) is 0 Å². The summed E-state index contributed by atoms with van der Waals surface area (Å²) in [6.07, 6.45) is 0. The maximum Gasteiger partial charge on any atom is 0.243 e. The lowest BCUT2D eigenvalue weighted by Gasteiger charge is -2.36. The summed E-state index contributed by atoms with van der Waals surface area (Å²) in [5.74, 6) is 0.588. The van der Waals surface area contributed by atoms with Crippen LogP contribution in [0.3, 0.4) is 0 Å². The van der Waals surface area contributed by atoms with Gasteiger partial charge in [0, 0.05) is 6.54 Å². The Hall–Kier alpha value is -1.89. The molecule has 0 aliphatic heterocycles. The summed E-state index contributed by atoms with van der Waals surface area (Å²) in [6, 6.07) is 15.6. The van der Waals surface area contributed by atoms with Crippen molar-refractivity contribution in [3.05, 3.63) is 60.2 Å². The fourth-order valence-corrected chi connectivity index (χ4v) is 4.09. The van der Waals surface area contributed by atoms with E-state index in [1.165, 1.54) is 23.5 Å². The monoisotopic (exact) mass is 349 g/mol. The molecular formula is C18H23NO4S. The Morgan fingerprint density at radius 2 is 1.62 bits per heavy atom. The number of rotatable bonds is 7. The highest BCUT2D eigenvalue weighted by Gasteiger charge is 2.36. The van der Waals surface area contributed by atoms with Crippen LogP contribution in [0.1, 0.15) is 19.4 Å². The molecular weight excluding hydrogens is 326 g/mol. The largest absolute Gasteiger partial charge is 0.497 e. The normalized spacial score (nSPS) is 12.4. The fourth-order valence-electron chi connectivity index (χ4n) is 2.33. The Morgan fingerprint density at radius 1 is 1.04 bits per heavy atom. The third-order valence-corrected chi connectivity index (χ3v) is 5.95. The van der Waals surface area contributed by atoms with Gasteiger partial charge < -0.3 is 9.84 Å². The molecule has 0 saturated heterocycles. The van der Waals surface area contributed by atoms with Gasteiger partial charge in [-0.2, -0.15) is 4.31 Å². The van der Waals surface area contributed by atoms with Crippen LogP contribution in [0, 0.1) is 0 Å². The molecule has 130 valence electrons. The number of sulfonamides is 1. The molecule has 24 heavy (non-hydrogen) atoms. The van der Waals surface area contributed by atoms with Crippen molar-refractivity contribution < 1.29 is 18.3 Å². The predicted octanol–water partition coefficient (Wildman–Crippen LogP) is 2.66. The van der Waals surface area contributed by atoms with Crippen LogP contribution in [0.2, 0.25) is 0 Å². The van der Waals surface area contributed by atoms with Crippen molar-refractivity contribution in [3.8, 4) is 5.75 Å². The molecule has 0 aromatic heterocycles. The molecule has 0 bridgehead atoms. The smallest absolute Gasteiger partial charge is 0.243 e. The summed E-state index contributed by atoms with van der Waals surface area (Å²) in [4.78, 5) is 0.167. The minimum Gasteiger partial charge on any atom is -0.497 e. The van der Waals surface area contributed by atoms with Crippen molar-refractivity contribution in [1.82, 2.24) is 4.31 Å². The quantitative estimate of drug-likeness (QED) is 0.834. The summed E-state index contributed by atoms with van der Waals surface area (Å²) in [7, 11) is -2.25. The number of ether oxygens (including phenoxy) is 1. The van der Waals surface area contributed by atoms with Gasteiger partial charge in [-0.1, -0.05) is 30.3 Å². The molecule has 0 spiro atoms. The number of hydrogen-bond donors (Lipinski definition) is 1. The molecule has 0 heterocycles. The Balaban J connectivity index is 2.44. The fraction of sp³-hybridized carbons (Fsp3) is 0.333. The zero-order valence-corrected chi connectivity index (χ0v) is 15.0. The molecule has 5 nitrogen and oxygen atoms in total. The van der Waals surface area contributed by atoms with Crippen molar-refractivity contribution in [3.63, 3.8) is 0 Å². The SMILES string of the molecule is COc1ccc(S(=O)(=O)N(Cc2ccccc2)C(C)(C)CO)cc1. The predicted molar refractivity (Wildman–Crippen MR) is 93.3 cm³/mol. The molecule has 2 aromatic rings. The molecule has 6 heteroatoms. The van der Waals surface area contributed by atoms with Gasteiger partial charge in [-0.05, 0) is 43.7 Å². The van der Waals surface area contributed by atoms with Crippen molar-refractivity contribution in [2.45, 2.75) is 30.8 Å². The lowest BCUT2D eigenvalue weighted by Crippen LogP contribution is -2.49. The second-order valence-electron chi connectivity index (χ2n) is 6.14. The average molecular weight is 349 g/mol. The van der Waals surface area contributed by atoms with E-state index in [9.17, 15) is 13.5 Å². The highest BCUT2D eigenvalue weighted by atomic mass is 32.2. The number of aliphatic hydroxyl groups is 1. The van der Waals surface area contributed by atoms with E-state index in [0.717, 1.165) is 5.56 Å². The van der Waals surface area contributed by atoms with Gasteiger partial charge in [0.2, 0.25) is 10.0 Å². The zero-order valence-electron chi connectivity index (χ0n) is 14.1. The van der Waals surface area contributed by atoms with Crippen LogP contribution in [0.5, 0.6) is 5.75 Å². The zero-order chi connectivity index (χ0) is 17.8. The Morgan fingerprint density at radius 3 is 2.12 bits per heavy atom. The van der Waals surface area contributed by atoms with Gasteiger partial charge in [-0.15, -0.1) is 0 Å². The molecule has 0 radical (unpaired) electrons. The molecule has 2 aromatic carbocycles. The van der Waals surface area contributed by atoms with Crippen LogP contribution >= 0.6 is 0 Å². The first-order valence-electron chi connectivity index (χ1n) is 7.63. The molecule has 0 atom stereocenters. The first kappa shape index (κ1) is 18.4. The van der Waals surface area contributed by atoms with Gasteiger partial charge in [0.15, 0.2) is 0 Å². The highest BCUT2D eigenvalue weighted by molar-refractivity contribution is 7.89. The molecule has 0 saturated carbocycles. The Bertz CT molecular complexity index is 755. The van der Waals surface area contributed by atoms with Crippen LogP contribution < -0.4 is 4.74 Å². The second-order valence-corrected chi connectivity index (χ2v) is 8.01. The van der Waals surface area contributed by atoms with Crippen molar-refractivity contribution in [1.29, 1.82) is 0 Å². The summed E-state index contributed by atoms with van der Waals surface area (Å²) in [5.41, 5.74) is -0.0784. The molecule has 1 N–H and O–H groups in total. The Kier molecular flexibility index (Phi) is 5.64. The van der Waals surface area contributed by atoms with E-state index >= 15 is 0 Å². The van der Waals surface area contributed by atoms with E-state index in [2.05, 4.69) is 0 Å². The van der Waals surface area contributed by atoms with Crippen molar-refractivity contribution in [2.75, 3.05) is 13.7 Å². The highest BCUT2D eigenvalue weighted by Crippen LogP contribution is 2.28. The molecule has 0 amide bonds. The summed E-state index contributed by atoms with van der Waals surface area (Å²) in [6.45, 7) is 3.31. The lowest BCUT2D eigenvalue weighted by molar-refractivity contribution is 0.117. The van der Waals surface area contributed by atoms with Gasteiger partial charge >= 0.3 is 0 Å². The third-order valence-electron chi connectivity index (χ3n) is 3.88. The van der Waals surface area contributed by atoms with E-state index in [-0.39, 0.29) is 18.0 Å². The second kappa shape index (κ2) is 7.34. The third kappa shape index (κ3) is 3.95. The minimum absolute atomic E-state index is 0.167. The van der Waals surface area contributed by atoms with Crippen LogP contribution in [0.15, 0.2) is 59.5 Å². The number of hydrogen-bond acceptors (Lipinski definition) is 4. The molecule has 0 fully saturated rings. The number of aliphatic hydroxyl groups excluding tert-OH is 1. The minimum atomic E-state index is -3.78. The van der Waals surface area contributed by atoms with E-state index < -0.39 is 15.6 Å². The molecule has 2 rings (SSSR count). The Labute approximate surface area is 143 Å². The van der Waals surface area contributed by atoms with Crippen LogP contribution in [-0.4, -0.2) is 37.1 Å². The number of benzene rings is 2. The van der Waals surface area contributed by atoms with Crippen LogP contribution in [0.4, 0.5) is 0 Å². The van der Waals surface area contributed by atoms with Gasteiger partial charge in [-0.25, -0.2) is 8.42 Å². The first-order valence-corrected chi connectivity index (χ1v) is 9.07. The summed E-state index contributed by atoms with van der Waals surface area (Å²) >= 11 is 0. The van der Waals surface area contributed by atoms with Gasteiger partial charge in [0.05, 0.1) is 24.2 Å². The first-order chi connectivity index (χ1) is 11.3. The molecule has 0 aliphatic carbocycles. The maximum absolute atomic E-state index is 13.1. The summed E-state index contributed by atoms with van der Waals surface area (Å²) in [5, 5.41) is 9.71.